The smallest absolute Gasteiger partial charge is 0.332 e. The lowest BCUT2D eigenvalue weighted by Crippen LogP contribution is -2.26. The Bertz CT molecular complexity index is 501. The number of hydrogen-bond donors (Lipinski definition) is 2. The molecule has 7 nitrogen and oxygen atoms in total. The largest absolute Gasteiger partial charge is 0.479 e. The number of anilines is 1. The minimum Gasteiger partial charge on any atom is -0.479 e. The number of carbonyl (C=O) groups is 2. The normalized spacial score (nSPS) is 13.9. The highest BCUT2D eigenvalue weighted by molar-refractivity contribution is 5.92. The van der Waals surface area contributed by atoms with Crippen LogP contribution in [0.3, 0.4) is 0 Å². The van der Waals surface area contributed by atoms with Gasteiger partial charge in [-0.2, -0.15) is 0 Å². The summed E-state index contributed by atoms with van der Waals surface area (Å²) < 4.78 is 15.2. The van der Waals surface area contributed by atoms with Crippen LogP contribution in [-0.2, 0) is 14.3 Å². The van der Waals surface area contributed by atoms with Gasteiger partial charge in [0.2, 0.25) is 12.7 Å². The molecule has 2 rings (SSSR count). The zero-order chi connectivity index (χ0) is 13.8. The second-order valence-electron chi connectivity index (χ2n) is 3.91. The van der Waals surface area contributed by atoms with E-state index in [0.29, 0.717) is 17.2 Å². The first-order chi connectivity index (χ1) is 9.06. The molecule has 0 saturated heterocycles. The number of nitrogens with one attached hydrogen (secondary N) is 1. The minimum absolute atomic E-state index is 0.159. The van der Waals surface area contributed by atoms with Crippen LogP contribution in [0.5, 0.6) is 11.5 Å². The van der Waals surface area contributed by atoms with E-state index in [1.54, 1.807) is 18.2 Å². The summed E-state index contributed by atoms with van der Waals surface area (Å²) in [6.07, 6.45) is -1.03. The van der Waals surface area contributed by atoms with Crippen LogP contribution in [0.1, 0.15) is 6.92 Å². The average molecular weight is 267 g/mol. The summed E-state index contributed by atoms with van der Waals surface area (Å²) >= 11 is 0. The van der Waals surface area contributed by atoms with Crippen molar-refractivity contribution < 1.29 is 28.9 Å². The lowest BCUT2D eigenvalue weighted by Gasteiger charge is -2.09. The first-order valence-electron chi connectivity index (χ1n) is 5.60. The molecule has 1 heterocycles. The predicted octanol–water partition coefficient (Wildman–Crippen LogP) is 0.843. The van der Waals surface area contributed by atoms with Gasteiger partial charge in [0.15, 0.2) is 17.6 Å². The van der Waals surface area contributed by atoms with Crippen LogP contribution >= 0.6 is 0 Å². The molecule has 2 N–H and O–H groups in total. The van der Waals surface area contributed by atoms with Gasteiger partial charge < -0.3 is 24.6 Å². The van der Waals surface area contributed by atoms with Crippen molar-refractivity contribution in [3.05, 3.63) is 18.2 Å². The minimum atomic E-state index is -1.11. The molecule has 0 bridgehead atoms. The van der Waals surface area contributed by atoms with E-state index in [0.717, 1.165) is 0 Å². The summed E-state index contributed by atoms with van der Waals surface area (Å²) in [5.41, 5.74) is 0.529. The summed E-state index contributed by atoms with van der Waals surface area (Å²) in [7, 11) is 0. The Morgan fingerprint density at radius 1 is 1.42 bits per heavy atom. The van der Waals surface area contributed by atoms with Crippen molar-refractivity contribution in [1.82, 2.24) is 0 Å². The van der Waals surface area contributed by atoms with Gasteiger partial charge in [-0.05, 0) is 19.1 Å². The fraction of sp³-hybridized carbons (Fsp3) is 0.333. The number of hydrogen-bond acceptors (Lipinski definition) is 5. The number of carboxylic acids is 1. The quantitative estimate of drug-likeness (QED) is 0.821. The van der Waals surface area contributed by atoms with Crippen LogP contribution in [0.25, 0.3) is 0 Å². The molecule has 0 aromatic heterocycles. The Morgan fingerprint density at radius 2 is 2.16 bits per heavy atom. The van der Waals surface area contributed by atoms with Gasteiger partial charge in [0.05, 0.1) is 0 Å². The number of carbonyl (C=O) groups excluding carboxylic acids is 1. The van der Waals surface area contributed by atoms with Gasteiger partial charge in [0, 0.05) is 11.8 Å². The number of ether oxygens (including phenoxy) is 3. The standard InChI is InChI=1S/C12H13NO6/c1-7(12(15)16)17-5-11(14)13-8-2-3-9-10(4-8)19-6-18-9/h2-4,7H,5-6H2,1H3,(H,13,14)(H,15,16)/t7-/m1/s1. The predicted molar refractivity (Wildman–Crippen MR) is 64.2 cm³/mol. The molecule has 0 unspecified atom stereocenters. The van der Waals surface area contributed by atoms with E-state index in [1.165, 1.54) is 6.92 Å². The summed E-state index contributed by atoms with van der Waals surface area (Å²) in [5.74, 6) is -0.380. The van der Waals surface area contributed by atoms with E-state index in [1.807, 2.05) is 0 Å². The highest BCUT2D eigenvalue weighted by Gasteiger charge is 2.16. The number of fused-ring (bicyclic) bond motifs is 1. The van der Waals surface area contributed by atoms with Crippen molar-refractivity contribution in [2.45, 2.75) is 13.0 Å². The van der Waals surface area contributed by atoms with Crippen LogP contribution in [0, 0.1) is 0 Å². The maximum Gasteiger partial charge on any atom is 0.332 e. The molecule has 1 aromatic carbocycles. The monoisotopic (exact) mass is 267 g/mol. The molecule has 7 heteroatoms. The molecule has 102 valence electrons. The fourth-order valence-corrected chi connectivity index (χ4v) is 1.44. The van der Waals surface area contributed by atoms with E-state index >= 15 is 0 Å². The molecule has 1 atom stereocenters. The van der Waals surface area contributed by atoms with Gasteiger partial charge in [0.1, 0.15) is 6.61 Å². The second kappa shape index (κ2) is 5.57. The molecule has 1 amide bonds. The van der Waals surface area contributed by atoms with Crippen LogP contribution in [0.2, 0.25) is 0 Å². The Kier molecular flexibility index (Phi) is 3.86. The zero-order valence-corrected chi connectivity index (χ0v) is 10.2. The molecule has 0 fully saturated rings. The number of carboxylic acid groups (broad SMARTS) is 1. The van der Waals surface area contributed by atoms with Crippen molar-refractivity contribution in [1.29, 1.82) is 0 Å². The molecule has 0 saturated carbocycles. The Morgan fingerprint density at radius 3 is 2.89 bits per heavy atom. The van der Waals surface area contributed by atoms with E-state index in [9.17, 15) is 9.59 Å². The first kappa shape index (κ1) is 13.2. The van der Waals surface area contributed by atoms with Gasteiger partial charge in [-0.1, -0.05) is 0 Å². The van der Waals surface area contributed by atoms with Gasteiger partial charge in [-0.3, -0.25) is 4.79 Å². The molecule has 1 aromatic rings. The molecule has 0 aliphatic carbocycles. The summed E-state index contributed by atoms with van der Waals surface area (Å²) in [6, 6.07) is 4.96. The lowest BCUT2D eigenvalue weighted by molar-refractivity contribution is -0.150. The zero-order valence-electron chi connectivity index (χ0n) is 10.2. The SMILES string of the molecule is C[C@@H](OCC(=O)Nc1ccc2c(c1)OCO2)C(=O)O. The Labute approximate surface area is 109 Å². The van der Waals surface area contributed by atoms with Gasteiger partial charge in [0.25, 0.3) is 0 Å². The number of benzene rings is 1. The molecule has 1 aliphatic heterocycles. The van der Waals surface area contributed by atoms with Crippen LogP contribution in [-0.4, -0.2) is 36.5 Å². The average Bonchev–Trinajstić information content (AvgIpc) is 2.83. The highest BCUT2D eigenvalue weighted by atomic mass is 16.7. The number of rotatable bonds is 5. The van der Waals surface area contributed by atoms with Crippen molar-refractivity contribution in [2.24, 2.45) is 0 Å². The summed E-state index contributed by atoms with van der Waals surface area (Å²) in [5, 5.41) is 11.2. The van der Waals surface area contributed by atoms with Crippen LogP contribution in [0.15, 0.2) is 18.2 Å². The summed E-state index contributed by atoms with van der Waals surface area (Å²) in [6.45, 7) is 1.18. The fourth-order valence-electron chi connectivity index (χ4n) is 1.44. The topological polar surface area (TPSA) is 94.1 Å². The van der Waals surface area contributed by atoms with Gasteiger partial charge in [-0.25, -0.2) is 4.79 Å². The third-order valence-corrected chi connectivity index (χ3v) is 2.47. The molecular formula is C12H13NO6. The first-order valence-corrected chi connectivity index (χ1v) is 5.60. The van der Waals surface area contributed by atoms with Gasteiger partial charge >= 0.3 is 5.97 Å². The maximum absolute atomic E-state index is 11.5. The van der Waals surface area contributed by atoms with E-state index in [-0.39, 0.29) is 13.4 Å². The van der Waals surface area contributed by atoms with Crippen molar-refractivity contribution >= 4 is 17.6 Å². The third-order valence-electron chi connectivity index (χ3n) is 2.47. The molecular weight excluding hydrogens is 254 g/mol. The number of aliphatic carboxylic acids is 1. The molecule has 19 heavy (non-hydrogen) atoms. The van der Waals surface area contributed by atoms with Crippen LogP contribution in [0.4, 0.5) is 5.69 Å². The Balaban J connectivity index is 1.87. The van der Waals surface area contributed by atoms with Crippen molar-refractivity contribution in [3.8, 4) is 11.5 Å². The van der Waals surface area contributed by atoms with E-state index in [4.69, 9.17) is 19.3 Å². The molecule has 0 spiro atoms. The van der Waals surface area contributed by atoms with Crippen molar-refractivity contribution in [2.75, 3.05) is 18.7 Å². The maximum atomic E-state index is 11.5. The van der Waals surface area contributed by atoms with Crippen LogP contribution < -0.4 is 14.8 Å². The van der Waals surface area contributed by atoms with Crippen molar-refractivity contribution in [3.63, 3.8) is 0 Å². The highest BCUT2D eigenvalue weighted by Crippen LogP contribution is 2.34. The lowest BCUT2D eigenvalue weighted by atomic mass is 10.3. The molecule has 0 radical (unpaired) electrons. The third kappa shape index (κ3) is 3.35. The van der Waals surface area contributed by atoms with E-state index < -0.39 is 18.0 Å². The number of amides is 1. The van der Waals surface area contributed by atoms with Gasteiger partial charge in [-0.15, -0.1) is 0 Å². The Hall–Kier alpha value is -2.28. The van der Waals surface area contributed by atoms with E-state index in [2.05, 4.69) is 5.32 Å². The molecule has 1 aliphatic rings. The summed E-state index contributed by atoms with van der Waals surface area (Å²) in [4.78, 5) is 22.0. The second-order valence-corrected chi connectivity index (χ2v) is 3.91.